The van der Waals surface area contributed by atoms with Crippen molar-refractivity contribution in [2.75, 3.05) is 13.1 Å². The number of hydrogen-bond donors (Lipinski definition) is 1. The van der Waals surface area contributed by atoms with E-state index in [4.69, 9.17) is 16.0 Å². The van der Waals surface area contributed by atoms with E-state index in [1.165, 1.54) is 6.26 Å². The fourth-order valence-electron chi connectivity index (χ4n) is 2.96. The van der Waals surface area contributed by atoms with E-state index in [2.05, 4.69) is 4.72 Å². The smallest absolute Gasteiger partial charge is 0.289 e. The van der Waals surface area contributed by atoms with Crippen LogP contribution < -0.4 is 4.72 Å². The summed E-state index contributed by atoms with van der Waals surface area (Å²) in [5.74, 6) is -0.0953. The molecule has 0 spiro atoms. The second-order valence-electron chi connectivity index (χ2n) is 6.07. The van der Waals surface area contributed by atoms with Crippen LogP contribution in [0.5, 0.6) is 0 Å². The highest BCUT2D eigenvalue weighted by Gasteiger charge is 2.28. The Balaban J connectivity index is 1.62. The van der Waals surface area contributed by atoms with Gasteiger partial charge in [0.15, 0.2) is 5.76 Å². The van der Waals surface area contributed by atoms with Crippen molar-refractivity contribution in [2.45, 2.75) is 24.6 Å². The summed E-state index contributed by atoms with van der Waals surface area (Å²) >= 11 is 5.90. The molecule has 1 aromatic carbocycles. The zero-order valence-corrected chi connectivity index (χ0v) is 15.1. The monoisotopic (exact) mass is 382 g/mol. The molecule has 2 heterocycles. The molecule has 1 atom stereocenters. The minimum absolute atomic E-state index is 0.143. The van der Waals surface area contributed by atoms with E-state index in [9.17, 15) is 13.2 Å². The van der Waals surface area contributed by atoms with Crippen LogP contribution in [-0.4, -0.2) is 38.4 Å². The van der Waals surface area contributed by atoms with Gasteiger partial charge >= 0.3 is 0 Å². The molecule has 1 aliphatic heterocycles. The molecule has 1 saturated heterocycles. The Labute approximate surface area is 151 Å². The Morgan fingerprint density at radius 1 is 1.32 bits per heavy atom. The second-order valence-corrected chi connectivity index (χ2v) is 8.26. The lowest BCUT2D eigenvalue weighted by Crippen LogP contribution is -2.49. The third kappa shape index (κ3) is 4.84. The van der Waals surface area contributed by atoms with E-state index in [-0.39, 0.29) is 23.5 Å². The molecule has 0 bridgehead atoms. The van der Waals surface area contributed by atoms with Crippen LogP contribution in [0.1, 0.15) is 29.0 Å². The van der Waals surface area contributed by atoms with Gasteiger partial charge in [-0.15, -0.1) is 0 Å². The number of nitrogens with zero attached hydrogens (tertiary/aromatic N) is 1. The Morgan fingerprint density at radius 3 is 2.88 bits per heavy atom. The minimum Gasteiger partial charge on any atom is -0.459 e. The maximum Gasteiger partial charge on any atom is 0.289 e. The van der Waals surface area contributed by atoms with Gasteiger partial charge in [0.05, 0.1) is 12.0 Å². The molecule has 1 aromatic heterocycles. The summed E-state index contributed by atoms with van der Waals surface area (Å²) < 4.78 is 32.6. The van der Waals surface area contributed by atoms with Crippen molar-refractivity contribution in [3.8, 4) is 0 Å². The van der Waals surface area contributed by atoms with Gasteiger partial charge in [0.25, 0.3) is 5.91 Å². The SMILES string of the molecule is O=C(c1ccco1)N1CCCC(NS(=O)(=O)Cc2cccc(Cl)c2)C1. The summed E-state index contributed by atoms with van der Waals surface area (Å²) in [7, 11) is -3.52. The van der Waals surface area contributed by atoms with Crippen LogP contribution in [0.15, 0.2) is 47.1 Å². The van der Waals surface area contributed by atoms with Gasteiger partial charge in [-0.05, 0) is 42.7 Å². The molecule has 0 radical (unpaired) electrons. The van der Waals surface area contributed by atoms with E-state index >= 15 is 0 Å². The largest absolute Gasteiger partial charge is 0.459 e. The van der Waals surface area contributed by atoms with Crippen LogP contribution in [0.25, 0.3) is 0 Å². The first-order valence-corrected chi connectivity index (χ1v) is 10.0. The van der Waals surface area contributed by atoms with Crippen molar-refractivity contribution in [3.05, 3.63) is 59.0 Å². The van der Waals surface area contributed by atoms with Gasteiger partial charge in [-0.1, -0.05) is 23.7 Å². The van der Waals surface area contributed by atoms with Crippen molar-refractivity contribution in [1.29, 1.82) is 0 Å². The molecule has 0 aliphatic carbocycles. The standard InChI is InChI=1S/C17H19ClN2O4S/c18-14-5-1-4-13(10-14)12-25(22,23)19-15-6-2-8-20(11-15)17(21)16-7-3-9-24-16/h1,3-5,7,9-10,15,19H,2,6,8,11-12H2. The summed E-state index contributed by atoms with van der Waals surface area (Å²) in [5.41, 5.74) is 0.624. The van der Waals surface area contributed by atoms with Crippen LogP contribution in [0.2, 0.25) is 5.02 Å². The van der Waals surface area contributed by atoms with E-state index < -0.39 is 10.0 Å². The van der Waals surface area contributed by atoms with E-state index in [0.29, 0.717) is 30.1 Å². The lowest BCUT2D eigenvalue weighted by molar-refractivity contribution is 0.0671. The van der Waals surface area contributed by atoms with Gasteiger partial charge in [-0.3, -0.25) is 4.79 Å². The third-order valence-corrected chi connectivity index (χ3v) is 5.67. The molecule has 1 N–H and O–H groups in total. The Morgan fingerprint density at radius 2 is 2.16 bits per heavy atom. The number of benzene rings is 1. The number of carbonyl (C=O) groups is 1. The lowest BCUT2D eigenvalue weighted by atomic mass is 10.1. The average molecular weight is 383 g/mol. The molecular formula is C17H19ClN2O4S. The van der Waals surface area contributed by atoms with Crippen molar-refractivity contribution in [1.82, 2.24) is 9.62 Å². The summed E-state index contributed by atoms with van der Waals surface area (Å²) in [6.45, 7) is 0.917. The van der Waals surface area contributed by atoms with Crippen molar-refractivity contribution < 1.29 is 17.6 Å². The number of rotatable bonds is 5. The maximum absolute atomic E-state index is 12.4. The Kier molecular flexibility index (Phi) is 5.46. The summed E-state index contributed by atoms with van der Waals surface area (Å²) in [6, 6.07) is 9.73. The molecule has 6 nitrogen and oxygen atoms in total. The fraction of sp³-hybridized carbons (Fsp3) is 0.353. The molecule has 25 heavy (non-hydrogen) atoms. The predicted octanol–water partition coefficient (Wildman–Crippen LogP) is 2.66. The molecule has 2 aromatic rings. The van der Waals surface area contributed by atoms with Gasteiger partial charge in [0, 0.05) is 24.2 Å². The summed E-state index contributed by atoms with van der Waals surface area (Å²) in [6.07, 6.45) is 2.87. The van der Waals surface area contributed by atoms with Gasteiger partial charge in [-0.2, -0.15) is 0 Å². The number of piperidine rings is 1. The summed E-state index contributed by atoms with van der Waals surface area (Å²) in [4.78, 5) is 14.0. The molecule has 1 fully saturated rings. The zero-order valence-electron chi connectivity index (χ0n) is 13.5. The van der Waals surface area contributed by atoms with Crippen LogP contribution in [0, 0.1) is 0 Å². The topological polar surface area (TPSA) is 79.6 Å². The molecule has 1 aliphatic rings. The van der Waals surface area contributed by atoms with Gasteiger partial charge in [0.2, 0.25) is 10.0 Å². The van der Waals surface area contributed by atoms with Gasteiger partial charge < -0.3 is 9.32 Å². The predicted molar refractivity (Wildman–Crippen MR) is 94.8 cm³/mol. The van der Waals surface area contributed by atoms with Gasteiger partial charge in [0.1, 0.15) is 0 Å². The first-order chi connectivity index (χ1) is 11.9. The maximum atomic E-state index is 12.4. The van der Waals surface area contributed by atoms with E-state index in [0.717, 1.165) is 6.42 Å². The number of carbonyl (C=O) groups excluding carboxylic acids is 1. The first-order valence-electron chi connectivity index (χ1n) is 8.00. The highest BCUT2D eigenvalue weighted by molar-refractivity contribution is 7.88. The van der Waals surface area contributed by atoms with Crippen molar-refractivity contribution in [3.63, 3.8) is 0 Å². The number of sulfonamides is 1. The molecule has 8 heteroatoms. The Hall–Kier alpha value is -1.83. The first kappa shape index (κ1) is 18.0. The number of likely N-dealkylation sites (tertiary alicyclic amines) is 1. The zero-order chi connectivity index (χ0) is 17.9. The van der Waals surface area contributed by atoms with Crippen molar-refractivity contribution in [2.24, 2.45) is 0 Å². The van der Waals surface area contributed by atoms with Crippen LogP contribution in [-0.2, 0) is 15.8 Å². The molecule has 1 unspecified atom stereocenters. The number of nitrogens with one attached hydrogen (secondary N) is 1. The number of hydrogen-bond acceptors (Lipinski definition) is 4. The fourth-order valence-corrected chi connectivity index (χ4v) is 4.57. The molecule has 3 rings (SSSR count). The van der Waals surface area contributed by atoms with E-state index in [1.54, 1.807) is 41.3 Å². The molecule has 134 valence electrons. The number of halogens is 1. The highest BCUT2D eigenvalue weighted by atomic mass is 35.5. The second kappa shape index (κ2) is 7.59. The van der Waals surface area contributed by atoms with E-state index in [1.807, 2.05) is 0 Å². The number of amides is 1. The average Bonchev–Trinajstić information content (AvgIpc) is 3.08. The Bertz CT molecular complexity index is 836. The molecular weight excluding hydrogens is 364 g/mol. The van der Waals surface area contributed by atoms with Crippen LogP contribution in [0.3, 0.4) is 0 Å². The highest BCUT2D eigenvalue weighted by Crippen LogP contribution is 2.17. The van der Waals surface area contributed by atoms with Crippen LogP contribution in [0.4, 0.5) is 0 Å². The molecule has 1 amide bonds. The molecule has 0 saturated carbocycles. The lowest BCUT2D eigenvalue weighted by Gasteiger charge is -2.32. The quantitative estimate of drug-likeness (QED) is 0.862. The van der Waals surface area contributed by atoms with Gasteiger partial charge in [-0.25, -0.2) is 13.1 Å². The number of furan rings is 1. The summed E-state index contributed by atoms with van der Waals surface area (Å²) in [5, 5.41) is 0.501. The minimum atomic E-state index is -3.52. The normalized spacial score (nSPS) is 18.3. The van der Waals surface area contributed by atoms with Crippen molar-refractivity contribution >= 4 is 27.5 Å². The van der Waals surface area contributed by atoms with Crippen LogP contribution >= 0.6 is 11.6 Å². The third-order valence-electron chi connectivity index (χ3n) is 4.03.